The van der Waals surface area contributed by atoms with Crippen molar-refractivity contribution >= 4 is 17.2 Å². The van der Waals surface area contributed by atoms with Crippen LogP contribution in [0.5, 0.6) is 0 Å². The lowest BCUT2D eigenvalue weighted by Gasteiger charge is -2.30. The molecule has 2 rings (SSSR count). The molecule has 2 unspecified atom stereocenters. The van der Waals surface area contributed by atoms with E-state index in [2.05, 4.69) is 10.3 Å². The molecule has 1 fully saturated rings. The molecule has 2 atom stereocenters. The van der Waals surface area contributed by atoms with Gasteiger partial charge in [0.2, 0.25) is 0 Å². The summed E-state index contributed by atoms with van der Waals surface area (Å²) in [5.41, 5.74) is 0.808. The molecule has 1 heterocycles. The number of hydrogen-bond acceptors (Lipinski definition) is 4. The quantitative estimate of drug-likeness (QED) is 0.890. The first kappa shape index (κ1) is 14.5. The van der Waals surface area contributed by atoms with Crippen LogP contribution in [0.3, 0.4) is 0 Å². The number of aryl methyl sites for hydroxylation is 2. The van der Waals surface area contributed by atoms with Crippen molar-refractivity contribution in [2.75, 3.05) is 13.2 Å². The van der Waals surface area contributed by atoms with Crippen LogP contribution in [-0.4, -0.2) is 29.1 Å². The Kier molecular flexibility index (Phi) is 4.93. The van der Waals surface area contributed by atoms with E-state index < -0.39 is 0 Å². The third-order valence-electron chi connectivity index (χ3n) is 3.94. The number of nitrogens with one attached hydrogen (secondary N) is 1. The van der Waals surface area contributed by atoms with Crippen molar-refractivity contribution in [1.82, 2.24) is 10.3 Å². The zero-order chi connectivity index (χ0) is 13.8. The summed E-state index contributed by atoms with van der Waals surface area (Å²) in [5, 5.41) is 13.3. The molecule has 0 radical (unpaired) electrons. The lowest BCUT2D eigenvalue weighted by Crippen LogP contribution is -2.35. The first-order chi connectivity index (χ1) is 9.11. The highest BCUT2D eigenvalue weighted by molar-refractivity contribution is 7.13. The van der Waals surface area contributed by atoms with Gasteiger partial charge in [0.15, 0.2) is 0 Å². The summed E-state index contributed by atoms with van der Waals surface area (Å²) in [7, 11) is 0. The summed E-state index contributed by atoms with van der Waals surface area (Å²) in [6, 6.07) is 0. The fraction of sp³-hybridized carbons (Fsp3) is 0.714. The number of rotatable bonds is 4. The van der Waals surface area contributed by atoms with Crippen LogP contribution in [0.1, 0.15) is 46.1 Å². The molecule has 19 heavy (non-hydrogen) atoms. The van der Waals surface area contributed by atoms with E-state index in [0.717, 1.165) is 23.5 Å². The number of aliphatic hydroxyl groups excluding tert-OH is 1. The minimum atomic E-state index is -0.0228. The minimum Gasteiger partial charge on any atom is -0.396 e. The monoisotopic (exact) mass is 282 g/mol. The maximum absolute atomic E-state index is 12.1. The van der Waals surface area contributed by atoms with Gasteiger partial charge in [-0.2, -0.15) is 0 Å². The van der Waals surface area contributed by atoms with Crippen LogP contribution in [0.25, 0.3) is 0 Å². The van der Waals surface area contributed by atoms with Crippen molar-refractivity contribution in [2.24, 2.45) is 11.8 Å². The molecule has 1 amide bonds. The maximum atomic E-state index is 12.1. The van der Waals surface area contributed by atoms with Gasteiger partial charge >= 0.3 is 0 Å². The summed E-state index contributed by atoms with van der Waals surface area (Å²) < 4.78 is 0. The normalized spacial score (nSPS) is 23.3. The van der Waals surface area contributed by atoms with Gasteiger partial charge in [-0.25, -0.2) is 4.98 Å². The summed E-state index contributed by atoms with van der Waals surface area (Å²) in [6.07, 6.45) is 4.58. The smallest absolute Gasteiger partial charge is 0.263 e. The number of aromatic nitrogens is 1. The lowest BCUT2D eigenvalue weighted by atomic mass is 9.79. The van der Waals surface area contributed by atoms with Gasteiger partial charge in [0.25, 0.3) is 5.91 Å². The van der Waals surface area contributed by atoms with E-state index in [-0.39, 0.29) is 12.5 Å². The molecule has 2 N–H and O–H groups in total. The third-order valence-corrected chi connectivity index (χ3v) is 5.01. The first-order valence-electron chi connectivity index (χ1n) is 6.95. The average molecular weight is 282 g/mol. The number of hydrogen-bond donors (Lipinski definition) is 2. The van der Waals surface area contributed by atoms with Crippen molar-refractivity contribution in [2.45, 2.75) is 39.5 Å². The molecule has 1 aromatic rings. The van der Waals surface area contributed by atoms with Gasteiger partial charge in [0, 0.05) is 13.2 Å². The Labute approximate surface area is 118 Å². The van der Waals surface area contributed by atoms with Gasteiger partial charge in [0.05, 0.1) is 10.7 Å². The molecule has 1 aliphatic carbocycles. The largest absolute Gasteiger partial charge is 0.396 e. The van der Waals surface area contributed by atoms with E-state index in [1.165, 1.54) is 24.2 Å². The van der Waals surface area contributed by atoms with Gasteiger partial charge < -0.3 is 10.4 Å². The predicted octanol–water partition coefficient (Wildman–Crippen LogP) is 2.29. The zero-order valence-corrected chi connectivity index (χ0v) is 12.4. The second-order valence-electron chi connectivity index (χ2n) is 5.34. The van der Waals surface area contributed by atoms with Crippen LogP contribution in [0, 0.1) is 25.7 Å². The highest BCUT2D eigenvalue weighted by Crippen LogP contribution is 2.29. The predicted molar refractivity (Wildman–Crippen MR) is 76.5 cm³/mol. The third kappa shape index (κ3) is 3.54. The number of thiazole rings is 1. The first-order valence-corrected chi connectivity index (χ1v) is 7.76. The zero-order valence-electron chi connectivity index (χ0n) is 11.6. The summed E-state index contributed by atoms with van der Waals surface area (Å²) in [4.78, 5) is 17.1. The van der Waals surface area contributed by atoms with Crippen molar-refractivity contribution in [3.63, 3.8) is 0 Å². The van der Waals surface area contributed by atoms with E-state index >= 15 is 0 Å². The average Bonchev–Trinajstić information content (AvgIpc) is 2.75. The Morgan fingerprint density at radius 1 is 1.37 bits per heavy atom. The summed E-state index contributed by atoms with van der Waals surface area (Å²) >= 11 is 1.44. The molecule has 5 heteroatoms. The Hall–Kier alpha value is -0.940. The molecule has 0 spiro atoms. The standard InChI is InChI=1S/C14H22N2O2S/c1-9-13(19-10(2)16-9)14(18)15-7-11-5-3-4-6-12(11)8-17/h11-12,17H,3-8H2,1-2H3,(H,15,18). The van der Waals surface area contributed by atoms with Gasteiger partial charge in [0.1, 0.15) is 4.88 Å². The molecular weight excluding hydrogens is 260 g/mol. The number of carbonyl (C=O) groups excluding carboxylic acids is 1. The Morgan fingerprint density at radius 3 is 2.63 bits per heavy atom. The maximum Gasteiger partial charge on any atom is 0.263 e. The summed E-state index contributed by atoms with van der Waals surface area (Å²) in [6.45, 7) is 4.69. The molecule has 1 aromatic heterocycles. The van der Waals surface area contributed by atoms with Crippen LogP contribution in [-0.2, 0) is 0 Å². The van der Waals surface area contributed by atoms with E-state index in [0.29, 0.717) is 23.3 Å². The SMILES string of the molecule is Cc1nc(C)c(C(=O)NCC2CCCCC2CO)s1. The number of carbonyl (C=O) groups is 1. The van der Waals surface area contributed by atoms with Crippen molar-refractivity contribution < 1.29 is 9.90 Å². The molecule has 0 aliphatic heterocycles. The molecule has 0 bridgehead atoms. The highest BCUT2D eigenvalue weighted by atomic mass is 32.1. The van der Waals surface area contributed by atoms with Crippen molar-refractivity contribution in [1.29, 1.82) is 0 Å². The van der Waals surface area contributed by atoms with Crippen LogP contribution in [0.15, 0.2) is 0 Å². The molecular formula is C14H22N2O2S. The van der Waals surface area contributed by atoms with Crippen LogP contribution in [0.2, 0.25) is 0 Å². The molecule has 1 aliphatic rings. The molecule has 0 aromatic carbocycles. The van der Waals surface area contributed by atoms with E-state index in [4.69, 9.17) is 0 Å². The fourth-order valence-electron chi connectivity index (χ4n) is 2.84. The minimum absolute atomic E-state index is 0.0228. The number of nitrogens with zero attached hydrogens (tertiary/aromatic N) is 1. The molecule has 106 valence electrons. The topological polar surface area (TPSA) is 62.2 Å². The van der Waals surface area contributed by atoms with Gasteiger partial charge in [-0.05, 0) is 38.5 Å². The van der Waals surface area contributed by atoms with E-state index in [9.17, 15) is 9.90 Å². The Bertz CT molecular complexity index is 445. The second-order valence-corrected chi connectivity index (χ2v) is 6.55. The number of amides is 1. The lowest BCUT2D eigenvalue weighted by molar-refractivity contribution is 0.0912. The van der Waals surface area contributed by atoms with Crippen LogP contribution < -0.4 is 5.32 Å². The van der Waals surface area contributed by atoms with Gasteiger partial charge in [-0.1, -0.05) is 12.8 Å². The van der Waals surface area contributed by atoms with Crippen molar-refractivity contribution in [3.8, 4) is 0 Å². The Morgan fingerprint density at radius 2 is 2.05 bits per heavy atom. The van der Waals surface area contributed by atoms with Crippen molar-refractivity contribution in [3.05, 3.63) is 15.6 Å². The highest BCUT2D eigenvalue weighted by Gasteiger charge is 2.25. The van der Waals surface area contributed by atoms with Gasteiger partial charge in [-0.15, -0.1) is 11.3 Å². The molecule has 4 nitrogen and oxygen atoms in total. The molecule has 1 saturated carbocycles. The van der Waals surface area contributed by atoms with E-state index in [1.807, 2.05) is 13.8 Å². The fourth-order valence-corrected chi connectivity index (χ4v) is 3.68. The summed E-state index contributed by atoms with van der Waals surface area (Å²) in [5.74, 6) is 0.737. The molecule has 0 saturated heterocycles. The number of aliphatic hydroxyl groups is 1. The van der Waals surface area contributed by atoms with Gasteiger partial charge in [-0.3, -0.25) is 4.79 Å². The van der Waals surface area contributed by atoms with E-state index in [1.54, 1.807) is 0 Å². The second kappa shape index (κ2) is 6.48. The van der Waals surface area contributed by atoms with Crippen LogP contribution in [0.4, 0.5) is 0 Å². The van der Waals surface area contributed by atoms with Crippen LogP contribution >= 0.6 is 11.3 Å². The Balaban J connectivity index is 1.91.